The number of rotatable bonds is 5. The summed E-state index contributed by atoms with van der Waals surface area (Å²) in [4.78, 5) is 15.2. The molecule has 1 aliphatic rings. The number of carbonyl (C=O) groups excluding carboxylic acids is 1. The van der Waals surface area contributed by atoms with Crippen LogP contribution in [0.5, 0.6) is 0 Å². The lowest BCUT2D eigenvalue weighted by Gasteiger charge is -2.45. The molecule has 1 amide bonds. The molecule has 3 aromatic carbocycles. The van der Waals surface area contributed by atoms with Crippen LogP contribution in [0.15, 0.2) is 60.7 Å². The van der Waals surface area contributed by atoms with Gasteiger partial charge in [0.25, 0.3) is 5.91 Å². The smallest absolute Gasteiger partial charge is 0.349 e. The van der Waals surface area contributed by atoms with Crippen molar-refractivity contribution >= 4 is 16.7 Å². The highest BCUT2D eigenvalue weighted by molar-refractivity contribution is 6.02. The minimum absolute atomic E-state index is 0.0895. The fraction of sp³-hybridized carbons (Fsp3) is 0.346. The number of halogens is 3. The van der Waals surface area contributed by atoms with Crippen LogP contribution in [0.1, 0.15) is 36.7 Å². The molecule has 1 saturated heterocycles. The quantitative estimate of drug-likeness (QED) is 0.529. The first-order valence-electron chi connectivity index (χ1n) is 10.9. The average Bonchev–Trinajstić information content (AvgIpc) is 2.71. The molecule has 3 nitrogen and oxygen atoms in total. The van der Waals surface area contributed by atoms with Crippen LogP contribution in [0.2, 0.25) is 0 Å². The summed E-state index contributed by atoms with van der Waals surface area (Å²) in [6.45, 7) is 8.38. The predicted octanol–water partition coefficient (Wildman–Crippen LogP) is 5.98. The monoisotopic (exact) mass is 440 g/mol. The van der Waals surface area contributed by atoms with Crippen molar-refractivity contribution in [3.8, 4) is 11.1 Å². The minimum atomic E-state index is -4.36. The molecule has 1 N–H and O–H groups in total. The first kappa shape index (κ1) is 22.3. The number of hydrogen-bond donors (Lipinski definition) is 1. The van der Waals surface area contributed by atoms with Crippen LogP contribution < -0.4 is 5.32 Å². The molecule has 1 atom stereocenters. The van der Waals surface area contributed by atoms with E-state index >= 15 is 0 Å². The zero-order valence-corrected chi connectivity index (χ0v) is 18.4. The van der Waals surface area contributed by atoms with Crippen molar-refractivity contribution in [2.24, 2.45) is 5.92 Å². The second-order valence-corrected chi connectivity index (χ2v) is 8.89. The van der Waals surface area contributed by atoms with Crippen LogP contribution in [0.3, 0.4) is 0 Å². The second kappa shape index (κ2) is 8.58. The van der Waals surface area contributed by atoms with Crippen LogP contribution in [-0.2, 0) is 6.18 Å². The van der Waals surface area contributed by atoms with Gasteiger partial charge in [-0.15, -0.1) is 0 Å². The van der Waals surface area contributed by atoms with Gasteiger partial charge in [0.1, 0.15) is 0 Å². The van der Waals surface area contributed by atoms with E-state index in [1.54, 1.807) is 6.07 Å². The topological polar surface area (TPSA) is 32.3 Å². The van der Waals surface area contributed by atoms with Gasteiger partial charge < -0.3 is 10.2 Å². The minimum Gasteiger partial charge on any atom is -0.349 e. The standard InChI is InChI=1S/C26H27F3N2O/c1-16(2)31-14-21(15-31)17(3)30-25(32)20-9-12-24-19(13-20)5-4-6-23(24)18-7-10-22(11-8-18)26(27,28)29/h4-13,16-17,21H,14-15H2,1-3H3,(H,30,32). The molecule has 0 saturated carbocycles. The number of carbonyl (C=O) groups is 1. The lowest BCUT2D eigenvalue weighted by atomic mass is 9.91. The number of likely N-dealkylation sites (tertiary alicyclic amines) is 1. The predicted molar refractivity (Wildman–Crippen MR) is 122 cm³/mol. The van der Waals surface area contributed by atoms with E-state index in [-0.39, 0.29) is 11.9 Å². The van der Waals surface area contributed by atoms with Gasteiger partial charge in [0.05, 0.1) is 5.56 Å². The molecule has 1 fully saturated rings. The van der Waals surface area contributed by atoms with Gasteiger partial charge in [0.2, 0.25) is 0 Å². The summed E-state index contributed by atoms with van der Waals surface area (Å²) in [5.74, 6) is 0.343. The van der Waals surface area contributed by atoms with Crippen LogP contribution in [0.4, 0.5) is 13.2 Å². The van der Waals surface area contributed by atoms with E-state index in [1.165, 1.54) is 12.1 Å². The highest BCUT2D eigenvalue weighted by Crippen LogP contribution is 2.33. The summed E-state index contributed by atoms with van der Waals surface area (Å²) >= 11 is 0. The van der Waals surface area contributed by atoms with E-state index in [0.717, 1.165) is 41.6 Å². The van der Waals surface area contributed by atoms with Crippen LogP contribution in [-0.4, -0.2) is 36.0 Å². The van der Waals surface area contributed by atoms with Gasteiger partial charge in [-0.1, -0.05) is 36.4 Å². The van der Waals surface area contributed by atoms with Crippen molar-refractivity contribution in [3.63, 3.8) is 0 Å². The van der Waals surface area contributed by atoms with Crippen LogP contribution in [0.25, 0.3) is 21.9 Å². The van der Waals surface area contributed by atoms with Crippen molar-refractivity contribution in [1.82, 2.24) is 10.2 Å². The molecular weight excluding hydrogens is 413 g/mol. The van der Waals surface area contributed by atoms with Crippen molar-refractivity contribution in [2.75, 3.05) is 13.1 Å². The Morgan fingerprint density at radius 1 is 1.00 bits per heavy atom. The van der Waals surface area contributed by atoms with Gasteiger partial charge in [-0.3, -0.25) is 4.79 Å². The highest BCUT2D eigenvalue weighted by atomic mass is 19.4. The molecule has 1 heterocycles. The summed E-state index contributed by atoms with van der Waals surface area (Å²) in [5, 5.41) is 4.88. The fourth-order valence-corrected chi connectivity index (χ4v) is 4.21. The lowest BCUT2D eigenvalue weighted by molar-refractivity contribution is -0.137. The maximum Gasteiger partial charge on any atom is 0.416 e. The van der Waals surface area contributed by atoms with E-state index in [9.17, 15) is 18.0 Å². The Kier molecular flexibility index (Phi) is 5.99. The Balaban J connectivity index is 1.52. The van der Waals surface area contributed by atoms with Crippen LogP contribution >= 0.6 is 0 Å². The van der Waals surface area contributed by atoms with Crippen molar-refractivity contribution in [1.29, 1.82) is 0 Å². The number of nitrogens with one attached hydrogen (secondary N) is 1. The molecule has 0 spiro atoms. The third-order valence-electron chi connectivity index (χ3n) is 6.40. The van der Waals surface area contributed by atoms with Gasteiger partial charge in [0, 0.05) is 36.7 Å². The van der Waals surface area contributed by atoms with Crippen LogP contribution in [0, 0.1) is 5.92 Å². The van der Waals surface area contributed by atoms with Gasteiger partial charge in [-0.05, 0) is 66.9 Å². The molecule has 0 aromatic heterocycles. The highest BCUT2D eigenvalue weighted by Gasteiger charge is 2.33. The molecule has 0 bridgehead atoms. The Labute approximate surface area is 186 Å². The van der Waals surface area contributed by atoms with Gasteiger partial charge >= 0.3 is 6.18 Å². The Morgan fingerprint density at radius 3 is 2.31 bits per heavy atom. The zero-order chi connectivity index (χ0) is 23.0. The van der Waals surface area contributed by atoms with E-state index in [0.29, 0.717) is 23.1 Å². The number of nitrogens with zero attached hydrogens (tertiary/aromatic N) is 1. The molecule has 1 aliphatic heterocycles. The normalized spacial score (nSPS) is 16.2. The SMILES string of the molecule is CC(NC(=O)c1ccc2c(-c3ccc(C(F)(F)F)cc3)cccc2c1)C1CN(C(C)C)C1. The van der Waals surface area contributed by atoms with E-state index < -0.39 is 11.7 Å². The maximum atomic E-state index is 12.9. The number of hydrogen-bond acceptors (Lipinski definition) is 2. The third kappa shape index (κ3) is 4.51. The van der Waals surface area contributed by atoms with Gasteiger partial charge in [-0.2, -0.15) is 13.2 Å². The summed E-state index contributed by atoms with van der Waals surface area (Å²) in [6.07, 6.45) is -4.36. The first-order chi connectivity index (χ1) is 15.1. The summed E-state index contributed by atoms with van der Waals surface area (Å²) in [5.41, 5.74) is 1.44. The van der Waals surface area contributed by atoms with E-state index in [1.807, 2.05) is 37.3 Å². The summed E-state index contributed by atoms with van der Waals surface area (Å²) < 4.78 is 38.6. The summed E-state index contributed by atoms with van der Waals surface area (Å²) in [6, 6.07) is 16.9. The molecular formula is C26H27F3N2O. The molecule has 4 rings (SSSR count). The third-order valence-corrected chi connectivity index (χ3v) is 6.40. The molecule has 168 valence electrons. The number of amides is 1. The van der Waals surface area contributed by atoms with Gasteiger partial charge in [-0.25, -0.2) is 0 Å². The fourth-order valence-electron chi connectivity index (χ4n) is 4.21. The molecule has 0 aliphatic carbocycles. The lowest BCUT2D eigenvalue weighted by Crippen LogP contribution is -2.57. The molecule has 1 unspecified atom stereocenters. The Bertz CT molecular complexity index is 1120. The second-order valence-electron chi connectivity index (χ2n) is 8.89. The Morgan fingerprint density at radius 2 is 1.69 bits per heavy atom. The van der Waals surface area contributed by atoms with Crippen molar-refractivity contribution in [2.45, 2.75) is 39.0 Å². The van der Waals surface area contributed by atoms with E-state index in [4.69, 9.17) is 0 Å². The first-order valence-corrected chi connectivity index (χ1v) is 10.9. The molecule has 0 radical (unpaired) electrons. The molecule has 3 aromatic rings. The Hall–Kier alpha value is -2.86. The number of fused-ring (bicyclic) bond motifs is 1. The largest absolute Gasteiger partial charge is 0.416 e. The number of benzene rings is 3. The van der Waals surface area contributed by atoms with E-state index in [2.05, 4.69) is 24.1 Å². The molecule has 6 heteroatoms. The summed E-state index contributed by atoms with van der Waals surface area (Å²) in [7, 11) is 0. The number of alkyl halides is 3. The molecule has 32 heavy (non-hydrogen) atoms. The zero-order valence-electron chi connectivity index (χ0n) is 18.4. The van der Waals surface area contributed by atoms with Crippen molar-refractivity contribution in [3.05, 3.63) is 71.8 Å². The average molecular weight is 441 g/mol. The maximum absolute atomic E-state index is 12.9. The van der Waals surface area contributed by atoms with Gasteiger partial charge in [0.15, 0.2) is 0 Å². The van der Waals surface area contributed by atoms with Crippen molar-refractivity contribution < 1.29 is 18.0 Å².